The van der Waals surface area contributed by atoms with E-state index in [-0.39, 0.29) is 0 Å². The normalized spacial score (nSPS) is 24.8. The van der Waals surface area contributed by atoms with Crippen molar-refractivity contribution in [3.8, 4) is 0 Å². The van der Waals surface area contributed by atoms with Crippen molar-refractivity contribution in [2.24, 2.45) is 0 Å². The molecule has 110 heavy (non-hydrogen) atoms. The van der Waals surface area contributed by atoms with Crippen LogP contribution in [0, 0.1) is 0 Å². The maximum atomic E-state index is 13.3. The maximum absolute atomic E-state index is 13.3. The molecule has 33 heteroatoms. The smallest absolute Gasteiger partial charge is 0.394 e. The topological polar surface area (TPSA) is 441 Å². The molecule has 16 atom stereocenters. The molecule has 0 aromatic rings. The Kier molecular flexibility index (Phi) is 50.3. The van der Waals surface area contributed by atoms with Crippen molar-refractivity contribution >= 4 is 43.1 Å². The molecule has 0 aromatic heterocycles. The molecule has 0 spiro atoms. The van der Waals surface area contributed by atoms with E-state index in [1.807, 2.05) is 0 Å². The summed E-state index contributed by atoms with van der Waals surface area (Å²) in [5.41, 5.74) is 14.9. The summed E-state index contributed by atoms with van der Waals surface area (Å²) in [6.07, 6.45) is 25.5. The van der Waals surface area contributed by atoms with Crippen molar-refractivity contribution in [3.63, 3.8) is 0 Å². The van der Waals surface area contributed by atoms with E-state index >= 15 is 0 Å². The van der Waals surface area contributed by atoms with E-state index in [9.17, 15) is 78.1 Å². The molecule has 0 bridgehead atoms. The van der Waals surface area contributed by atoms with Gasteiger partial charge in [-0.2, -0.15) is 4.31 Å². The molecule has 0 saturated carbocycles. The summed E-state index contributed by atoms with van der Waals surface area (Å²) in [4.78, 5) is 66.3. The zero-order valence-corrected chi connectivity index (χ0v) is 70.7. The van der Waals surface area contributed by atoms with Gasteiger partial charge >= 0.3 is 31.3 Å². The van der Waals surface area contributed by atoms with Gasteiger partial charge in [0.15, 0.2) is 12.6 Å². The number of carbonyl (C=O) groups is 2. The highest BCUT2D eigenvalue weighted by molar-refractivity contribution is 7.61. The molecule has 2 aliphatic heterocycles. The Balaban J connectivity index is 1.83. The Hall–Kier alpha value is -3.84. The van der Waals surface area contributed by atoms with E-state index in [0.717, 1.165) is 135 Å². The van der Waals surface area contributed by atoms with Gasteiger partial charge in [-0.05, 0) is 212 Å². The zero-order valence-electron chi connectivity index (χ0n) is 67.1. The second kappa shape index (κ2) is 54.1. The standard InChI is InChI=1S/C77H132N2O27P4/c1-53(2)25-15-26-54(3)27-16-28-55(4)29-17-30-56(5)31-18-32-57(6)33-19-34-58(7)35-20-36-59(8)37-21-38-60(9)39-22-40-61(10)41-23-42-62(11)43-24-44-63(12)45-46-97-109(93,94)106-110(95,96)105-77-71(79-65(14)84)72(87)74(68(48-81)102-77)103-76-70(78-64(13)83)73(88)75(69(49-82)101-76)104-108(91,92)100-52-67(86)51-99-107(89,90)98-50-66(85)47-80/h25,27,29,31,33,35,37,39,41,43,45,66-77,80-82,85-88H,15-24,26,28,30,32,34,36,38,40,42,44,46-52H2,1-14H3,(H,78,83)(H,79,84)(H,89,90)(H,91,92)(H,93,94)(H,95,96)/b54-27+,55-29+,56-31-,57-33-,58-35-,59-37-,60-39-,61-41-,62-43-,63-45-/t66-,67-,68-,69-,70-,71-,72-,73-,74-,75-,76+,77-/m1/s1. The second-order valence-corrected chi connectivity index (χ2v) is 34.8. The molecule has 0 radical (unpaired) electrons. The van der Waals surface area contributed by atoms with E-state index in [0.29, 0.717) is 12.8 Å². The van der Waals surface area contributed by atoms with Crippen molar-refractivity contribution in [3.05, 3.63) is 128 Å². The van der Waals surface area contributed by atoms with Gasteiger partial charge in [0.05, 0.1) is 46.2 Å². The molecular weight excluding hydrogens is 1510 g/mol. The molecule has 2 aliphatic rings. The fourth-order valence-corrected chi connectivity index (χ4v) is 15.4. The van der Waals surface area contributed by atoms with Crippen LogP contribution in [0.5, 0.6) is 0 Å². The molecule has 0 aromatic carbocycles. The predicted octanol–water partition coefficient (Wildman–Crippen LogP) is 13.4. The number of hydrogen-bond donors (Lipinski definition) is 13. The second-order valence-electron chi connectivity index (χ2n) is 29.0. The maximum Gasteiger partial charge on any atom is 0.483 e. The van der Waals surface area contributed by atoms with Crippen LogP contribution in [-0.4, -0.2) is 187 Å². The van der Waals surface area contributed by atoms with Crippen LogP contribution in [-0.2, 0) is 73.5 Å². The van der Waals surface area contributed by atoms with Crippen LogP contribution in [0.3, 0.4) is 0 Å². The van der Waals surface area contributed by atoms with Crippen molar-refractivity contribution in [2.75, 3.05) is 46.2 Å². The highest BCUT2D eigenvalue weighted by Crippen LogP contribution is 2.61. The number of carbonyl (C=O) groups excluding carboxylic acids is 2. The number of rotatable bonds is 55. The summed E-state index contributed by atoms with van der Waals surface area (Å²) in [6, 6.07) is -3.81. The average molecular weight is 1640 g/mol. The molecule has 29 nitrogen and oxygen atoms in total. The first kappa shape index (κ1) is 102. The number of phosphoric ester groups is 4. The van der Waals surface area contributed by atoms with Crippen LogP contribution < -0.4 is 10.6 Å². The fraction of sp³-hybridized carbons (Fsp3) is 0.688. The van der Waals surface area contributed by atoms with Gasteiger partial charge in [0.2, 0.25) is 11.8 Å². The monoisotopic (exact) mass is 1640 g/mol. The van der Waals surface area contributed by atoms with Crippen LogP contribution >= 0.6 is 31.3 Å². The van der Waals surface area contributed by atoms with Crippen LogP contribution in [0.2, 0.25) is 0 Å². The first-order valence-corrected chi connectivity index (χ1v) is 43.8. The van der Waals surface area contributed by atoms with Gasteiger partial charge in [-0.25, -0.2) is 18.3 Å². The first-order chi connectivity index (χ1) is 51.6. The van der Waals surface area contributed by atoms with Gasteiger partial charge in [-0.15, -0.1) is 0 Å². The molecule has 2 fully saturated rings. The zero-order chi connectivity index (χ0) is 82.8. The average Bonchev–Trinajstić information content (AvgIpc) is 0.765. The third kappa shape index (κ3) is 46.0. The van der Waals surface area contributed by atoms with E-state index in [1.165, 1.54) is 61.8 Å². The lowest BCUT2D eigenvalue weighted by atomic mass is 9.94. The molecule has 0 aliphatic carbocycles. The minimum atomic E-state index is -5.77. The van der Waals surface area contributed by atoms with Gasteiger partial charge in [-0.3, -0.25) is 36.7 Å². The Morgan fingerprint density at radius 1 is 0.382 bits per heavy atom. The molecule has 13 N–H and O–H groups in total. The minimum Gasteiger partial charge on any atom is -0.394 e. The fourth-order valence-electron chi connectivity index (χ4n) is 11.5. The molecule has 2 amide bonds. The summed E-state index contributed by atoms with van der Waals surface area (Å²) in [5, 5.41) is 76.7. The quantitative estimate of drug-likeness (QED) is 0.0199. The lowest BCUT2D eigenvalue weighted by Crippen LogP contribution is -2.69. The van der Waals surface area contributed by atoms with Gasteiger partial charge in [0, 0.05) is 13.8 Å². The van der Waals surface area contributed by atoms with Crippen LogP contribution in [0.1, 0.15) is 225 Å². The third-order valence-electron chi connectivity index (χ3n) is 18.0. The molecule has 2 rings (SSSR count). The number of nitrogens with one attached hydrogen (secondary N) is 2. The predicted molar refractivity (Wildman–Crippen MR) is 422 cm³/mol. The number of ether oxygens (including phenoxy) is 3. The summed E-state index contributed by atoms with van der Waals surface area (Å²) >= 11 is 0. The van der Waals surface area contributed by atoms with Crippen LogP contribution in [0.4, 0.5) is 0 Å². The number of allylic oxidation sites excluding steroid dienone is 21. The Morgan fingerprint density at radius 2 is 0.682 bits per heavy atom. The summed E-state index contributed by atoms with van der Waals surface area (Å²) in [6.45, 7) is 21.3. The number of hydrogen-bond acceptors (Lipinski definition) is 23. The molecule has 2 saturated heterocycles. The van der Waals surface area contributed by atoms with Gasteiger partial charge in [-0.1, -0.05) is 128 Å². The van der Waals surface area contributed by atoms with Crippen LogP contribution in [0.25, 0.3) is 0 Å². The number of aliphatic hydroxyl groups is 7. The van der Waals surface area contributed by atoms with Gasteiger partial charge in [0.25, 0.3) is 0 Å². The first-order valence-electron chi connectivity index (χ1n) is 37.8. The summed E-state index contributed by atoms with van der Waals surface area (Å²) < 4.78 is 102. The van der Waals surface area contributed by atoms with Crippen molar-refractivity contribution in [1.82, 2.24) is 10.6 Å². The highest BCUT2D eigenvalue weighted by atomic mass is 31.3. The Morgan fingerprint density at radius 3 is 1.02 bits per heavy atom. The van der Waals surface area contributed by atoms with Gasteiger partial charge in [0.1, 0.15) is 60.9 Å². The number of phosphoric acid groups is 4. The highest BCUT2D eigenvalue weighted by Gasteiger charge is 2.55. The minimum absolute atomic E-state index is 0.548. The SMILES string of the molecule is CC(=O)N[C@H]1[C@@H](OP(=O)(O)OP(=O)(O)OC/C=C(/C)CC/C=C(/C)CC/C=C(/C)CC/C=C(/C)CC/C=C(/C)CC/C=C(/C)CC/C=C(/C)CC/C=C(/C)CC/C=C(\C)CC/C=C(\C)CCC=C(C)C)O[C@H](CO)[C@@H](O[C@@H]2O[C@H](CO)[C@@H](OP(=O)(O)OC[C@H](O)COP(=O)(O)OC[C@H](O)CO)[C@H](O)[C@H]2NC(C)=O)[C@@H]1O. The molecular formula is C77H132N2O27P4. The third-order valence-corrected chi connectivity index (χ3v) is 22.5. The van der Waals surface area contributed by atoms with E-state index in [2.05, 4.69) is 161 Å². The van der Waals surface area contributed by atoms with Crippen molar-refractivity contribution in [1.29, 1.82) is 0 Å². The van der Waals surface area contributed by atoms with Crippen LogP contribution in [0.15, 0.2) is 128 Å². The Bertz CT molecular complexity index is 3350. The summed E-state index contributed by atoms with van der Waals surface area (Å²) in [5.74, 6) is -1.82. The number of aliphatic hydroxyl groups excluding tert-OH is 7. The number of amides is 2. The Labute approximate surface area is 652 Å². The van der Waals surface area contributed by atoms with Crippen molar-refractivity contribution < 1.29 is 129 Å². The molecule has 4 unspecified atom stereocenters. The van der Waals surface area contributed by atoms with E-state index in [1.54, 1.807) is 6.92 Å². The lowest BCUT2D eigenvalue weighted by molar-refractivity contribution is -0.324. The molecule has 2 heterocycles. The van der Waals surface area contributed by atoms with Gasteiger partial charge < -0.3 is 80.2 Å². The largest absolute Gasteiger partial charge is 0.483 e. The molecule has 632 valence electrons. The lowest BCUT2D eigenvalue weighted by Gasteiger charge is -2.48. The van der Waals surface area contributed by atoms with E-state index in [4.69, 9.17) is 37.4 Å². The van der Waals surface area contributed by atoms with E-state index < -0.39 is 163 Å². The van der Waals surface area contributed by atoms with Crippen molar-refractivity contribution in [2.45, 2.75) is 299 Å². The summed E-state index contributed by atoms with van der Waals surface area (Å²) in [7, 11) is -21.5.